The first-order valence-electron chi connectivity index (χ1n) is 10.4. The molecule has 0 heteroatoms. The van der Waals surface area contributed by atoms with Crippen molar-refractivity contribution in [1.82, 2.24) is 0 Å². The first kappa shape index (κ1) is 19.2. The van der Waals surface area contributed by atoms with Gasteiger partial charge in [-0.15, -0.1) is 0 Å². The first-order valence-corrected chi connectivity index (χ1v) is 10.4. The maximum absolute atomic E-state index is 2.37. The van der Waals surface area contributed by atoms with Crippen LogP contribution >= 0.6 is 0 Å². The lowest BCUT2D eigenvalue weighted by molar-refractivity contribution is 0.869. The van der Waals surface area contributed by atoms with E-state index in [4.69, 9.17) is 0 Å². The minimum atomic E-state index is 0.468. The zero-order valence-corrected chi connectivity index (χ0v) is 17.7. The summed E-state index contributed by atoms with van der Waals surface area (Å²) < 4.78 is 0. The van der Waals surface area contributed by atoms with Gasteiger partial charge in [0.2, 0.25) is 0 Å². The number of hydrogen-bond donors (Lipinski definition) is 0. The average Bonchev–Trinajstić information content (AvgIpc) is 2.74. The highest BCUT2D eigenvalue weighted by Gasteiger charge is 2.12. The number of hydrogen-bond acceptors (Lipinski definition) is 0. The molecule has 0 N–H and O–H groups in total. The summed E-state index contributed by atoms with van der Waals surface area (Å²) in [5.41, 5.74) is 11.8. The number of benzene rings is 4. The Balaban J connectivity index is 1.74. The summed E-state index contributed by atoms with van der Waals surface area (Å²) in [6, 6.07) is 33.1. The molecule has 0 atom stereocenters. The van der Waals surface area contributed by atoms with Crippen LogP contribution in [0.4, 0.5) is 0 Å². The SMILES string of the molecule is Cc1ccccc1-c1ccc(-c2ccc(-c3ccccc3C)c(C(C)C)c2)cc1. The van der Waals surface area contributed by atoms with E-state index in [9.17, 15) is 0 Å². The Morgan fingerprint density at radius 2 is 1.00 bits per heavy atom. The molecule has 0 saturated carbocycles. The molecule has 4 aromatic carbocycles. The molecule has 0 aliphatic heterocycles. The molecular formula is C29H28. The Hall–Kier alpha value is -3.12. The predicted molar refractivity (Wildman–Crippen MR) is 126 cm³/mol. The summed E-state index contributed by atoms with van der Waals surface area (Å²) in [6.07, 6.45) is 0. The second-order valence-electron chi connectivity index (χ2n) is 8.16. The Labute approximate surface area is 174 Å². The van der Waals surface area contributed by atoms with Crippen molar-refractivity contribution in [3.8, 4) is 33.4 Å². The molecular weight excluding hydrogens is 348 g/mol. The van der Waals surface area contributed by atoms with E-state index in [-0.39, 0.29) is 0 Å². The molecule has 0 amide bonds. The van der Waals surface area contributed by atoms with E-state index in [1.165, 1.54) is 50.1 Å². The third-order valence-electron chi connectivity index (χ3n) is 5.78. The van der Waals surface area contributed by atoms with Gasteiger partial charge < -0.3 is 0 Å². The lowest BCUT2D eigenvalue weighted by Crippen LogP contribution is -1.95. The van der Waals surface area contributed by atoms with Gasteiger partial charge in [-0.1, -0.05) is 105 Å². The van der Waals surface area contributed by atoms with Gasteiger partial charge in [0, 0.05) is 0 Å². The molecule has 144 valence electrons. The van der Waals surface area contributed by atoms with E-state index >= 15 is 0 Å². The van der Waals surface area contributed by atoms with Crippen molar-refractivity contribution in [3.05, 3.63) is 108 Å². The molecule has 4 rings (SSSR count). The van der Waals surface area contributed by atoms with E-state index in [0.717, 1.165) is 0 Å². The van der Waals surface area contributed by atoms with Gasteiger partial charge in [-0.3, -0.25) is 0 Å². The predicted octanol–water partition coefficient (Wildman–Crippen LogP) is 8.43. The van der Waals surface area contributed by atoms with E-state index in [0.29, 0.717) is 5.92 Å². The molecule has 0 fully saturated rings. The molecule has 4 aromatic rings. The van der Waals surface area contributed by atoms with Gasteiger partial charge in [0.15, 0.2) is 0 Å². The molecule has 0 heterocycles. The second-order valence-corrected chi connectivity index (χ2v) is 8.16. The third-order valence-corrected chi connectivity index (χ3v) is 5.78. The Morgan fingerprint density at radius 1 is 0.483 bits per heavy atom. The Kier molecular flexibility index (Phi) is 5.36. The van der Waals surface area contributed by atoms with Crippen molar-refractivity contribution in [2.24, 2.45) is 0 Å². The normalized spacial score (nSPS) is 11.1. The zero-order valence-electron chi connectivity index (χ0n) is 17.7. The average molecular weight is 377 g/mol. The lowest BCUT2D eigenvalue weighted by Gasteiger charge is -2.17. The molecule has 0 unspecified atom stereocenters. The maximum atomic E-state index is 2.37. The van der Waals surface area contributed by atoms with Gasteiger partial charge in [0.25, 0.3) is 0 Å². The second kappa shape index (κ2) is 8.09. The fraction of sp³-hybridized carbons (Fsp3) is 0.172. The minimum absolute atomic E-state index is 0.468. The molecule has 0 aromatic heterocycles. The van der Waals surface area contributed by atoms with Crippen LogP contribution in [0.1, 0.15) is 36.5 Å². The topological polar surface area (TPSA) is 0 Å². The lowest BCUT2D eigenvalue weighted by atomic mass is 9.87. The largest absolute Gasteiger partial charge is 0.0620 e. The van der Waals surface area contributed by atoms with Crippen LogP contribution in [0, 0.1) is 13.8 Å². The number of aryl methyl sites for hydroxylation is 2. The van der Waals surface area contributed by atoms with Gasteiger partial charge in [-0.2, -0.15) is 0 Å². The zero-order chi connectivity index (χ0) is 20.4. The first-order chi connectivity index (χ1) is 14.0. The van der Waals surface area contributed by atoms with Gasteiger partial charge in [-0.05, 0) is 69.8 Å². The third kappa shape index (κ3) is 3.89. The van der Waals surface area contributed by atoms with Crippen LogP contribution in [0.25, 0.3) is 33.4 Å². The van der Waals surface area contributed by atoms with E-state index < -0.39 is 0 Å². The molecule has 0 nitrogen and oxygen atoms in total. The van der Waals surface area contributed by atoms with Crippen LogP contribution in [-0.2, 0) is 0 Å². The van der Waals surface area contributed by atoms with Crippen molar-refractivity contribution >= 4 is 0 Å². The van der Waals surface area contributed by atoms with Crippen molar-refractivity contribution in [1.29, 1.82) is 0 Å². The smallest absolute Gasteiger partial charge is 0.0146 e. The molecule has 0 aliphatic rings. The van der Waals surface area contributed by atoms with Crippen LogP contribution in [0.15, 0.2) is 91.0 Å². The quantitative estimate of drug-likeness (QED) is 0.335. The summed E-state index contributed by atoms with van der Waals surface area (Å²) in [6.45, 7) is 8.92. The molecule has 0 aliphatic carbocycles. The maximum Gasteiger partial charge on any atom is -0.0146 e. The van der Waals surface area contributed by atoms with Crippen molar-refractivity contribution < 1.29 is 0 Å². The monoisotopic (exact) mass is 376 g/mol. The van der Waals surface area contributed by atoms with Crippen LogP contribution in [-0.4, -0.2) is 0 Å². The number of rotatable bonds is 4. The molecule has 0 saturated heterocycles. The van der Waals surface area contributed by atoms with Crippen molar-refractivity contribution in [3.63, 3.8) is 0 Å². The summed E-state index contributed by atoms with van der Waals surface area (Å²) in [5, 5.41) is 0. The summed E-state index contributed by atoms with van der Waals surface area (Å²) in [4.78, 5) is 0. The summed E-state index contributed by atoms with van der Waals surface area (Å²) >= 11 is 0. The fourth-order valence-electron chi connectivity index (χ4n) is 4.08. The highest BCUT2D eigenvalue weighted by atomic mass is 14.2. The standard InChI is InChI=1S/C29H28/c1-20(2)29-19-25(17-18-28(29)27-12-8-6-10-22(27)4)23-13-15-24(16-14-23)26-11-7-5-9-21(26)3/h5-20H,1-4H3. The summed E-state index contributed by atoms with van der Waals surface area (Å²) in [7, 11) is 0. The molecule has 0 bridgehead atoms. The van der Waals surface area contributed by atoms with Crippen LogP contribution in [0.2, 0.25) is 0 Å². The van der Waals surface area contributed by atoms with Crippen molar-refractivity contribution in [2.75, 3.05) is 0 Å². The Bertz CT molecular complexity index is 1130. The Morgan fingerprint density at radius 3 is 1.59 bits per heavy atom. The molecule has 0 spiro atoms. The van der Waals surface area contributed by atoms with Gasteiger partial charge >= 0.3 is 0 Å². The minimum Gasteiger partial charge on any atom is -0.0620 e. The van der Waals surface area contributed by atoms with Crippen molar-refractivity contribution in [2.45, 2.75) is 33.6 Å². The molecule has 0 radical (unpaired) electrons. The van der Waals surface area contributed by atoms with Crippen LogP contribution in [0.5, 0.6) is 0 Å². The van der Waals surface area contributed by atoms with Gasteiger partial charge in [0.05, 0.1) is 0 Å². The van der Waals surface area contributed by atoms with Crippen LogP contribution < -0.4 is 0 Å². The van der Waals surface area contributed by atoms with E-state index in [2.05, 4.69) is 119 Å². The highest BCUT2D eigenvalue weighted by Crippen LogP contribution is 2.35. The van der Waals surface area contributed by atoms with E-state index in [1.807, 2.05) is 0 Å². The molecule has 29 heavy (non-hydrogen) atoms. The van der Waals surface area contributed by atoms with E-state index in [1.54, 1.807) is 0 Å². The van der Waals surface area contributed by atoms with Gasteiger partial charge in [-0.25, -0.2) is 0 Å². The van der Waals surface area contributed by atoms with Crippen LogP contribution in [0.3, 0.4) is 0 Å². The highest BCUT2D eigenvalue weighted by molar-refractivity contribution is 5.77. The fourth-order valence-corrected chi connectivity index (χ4v) is 4.08. The van der Waals surface area contributed by atoms with Gasteiger partial charge in [0.1, 0.15) is 0 Å². The summed E-state index contributed by atoms with van der Waals surface area (Å²) in [5.74, 6) is 0.468.